The standard InChI is InChI=1S/C21H25N3O5S/c1-3-13-22-20(25)15-9-5-6-10-16(15)23-21(26)19-14-24(30(27,28)4-2)17-11-7-8-12-18(17)29-19/h5-12,19H,3-4,13-14H2,1-2H3,(H,22,25)(H,23,26)/t19-/m1/s1. The predicted molar refractivity (Wildman–Crippen MR) is 115 cm³/mol. The van der Waals surface area contributed by atoms with Crippen LogP contribution < -0.4 is 19.7 Å². The number of benzene rings is 2. The van der Waals surface area contributed by atoms with E-state index < -0.39 is 22.0 Å². The molecule has 0 aliphatic carbocycles. The molecule has 1 aliphatic rings. The molecule has 3 rings (SSSR count). The highest BCUT2D eigenvalue weighted by molar-refractivity contribution is 7.92. The van der Waals surface area contributed by atoms with Gasteiger partial charge in [-0.25, -0.2) is 8.42 Å². The van der Waals surface area contributed by atoms with Crippen LogP contribution in [0.15, 0.2) is 48.5 Å². The van der Waals surface area contributed by atoms with Gasteiger partial charge in [0.05, 0.1) is 29.2 Å². The number of rotatable bonds is 7. The molecule has 0 saturated carbocycles. The maximum absolute atomic E-state index is 12.9. The Hall–Kier alpha value is -3.07. The van der Waals surface area contributed by atoms with E-state index in [1.54, 1.807) is 55.5 Å². The van der Waals surface area contributed by atoms with Gasteiger partial charge < -0.3 is 15.4 Å². The molecule has 30 heavy (non-hydrogen) atoms. The first-order valence-electron chi connectivity index (χ1n) is 9.81. The van der Waals surface area contributed by atoms with E-state index in [9.17, 15) is 18.0 Å². The molecule has 0 bridgehead atoms. The Labute approximate surface area is 176 Å². The first-order chi connectivity index (χ1) is 14.4. The zero-order valence-electron chi connectivity index (χ0n) is 16.9. The smallest absolute Gasteiger partial charge is 0.267 e. The molecule has 1 heterocycles. The lowest BCUT2D eigenvalue weighted by atomic mass is 10.1. The number of hydrogen-bond acceptors (Lipinski definition) is 5. The molecule has 8 nitrogen and oxygen atoms in total. The molecule has 0 aromatic heterocycles. The second-order valence-corrected chi connectivity index (χ2v) is 8.98. The lowest BCUT2D eigenvalue weighted by molar-refractivity contribution is -0.122. The van der Waals surface area contributed by atoms with Gasteiger partial charge in [-0.3, -0.25) is 13.9 Å². The monoisotopic (exact) mass is 431 g/mol. The number of nitrogens with one attached hydrogen (secondary N) is 2. The average Bonchev–Trinajstić information content (AvgIpc) is 2.76. The molecule has 2 aromatic carbocycles. The van der Waals surface area contributed by atoms with Crippen LogP contribution in [0.25, 0.3) is 0 Å². The summed E-state index contributed by atoms with van der Waals surface area (Å²) < 4.78 is 32.1. The molecule has 0 unspecified atom stereocenters. The molecule has 2 amide bonds. The maximum atomic E-state index is 12.9. The molecule has 0 spiro atoms. The van der Waals surface area contributed by atoms with Crippen LogP contribution in [-0.4, -0.2) is 45.2 Å². The van der Waals surface area contributed by atoms with Gasteiger partial charge in [0.15, 0.2) is 6.10 Å². The third-order valence-electron chi connectivity index (χ3n) is 4.69. The van der Waals surface area contributed by atoms with Gasteiger partial charge in [-0.1, -0.05) is 31.2 Å². The normalized spacial score (nSPS) is 15.7. The fourth-order valence-corrected chi connectivity index (χ4v) is 4.22. The zero-order chi connectivity index (χ0) is 21.7. The van der Waals surface area contributed by atoms with Crippen LogP contribution >= 0.6 is 0 Å². The first-order valence-corrected chi connectivity index (χ1v) is 11.4. The third kappa shape index (κ3) is 4.56. The molecular formula is C21H25N3O5S. The van der Waals surface area contributed by atoms with Crippen molar-refractivity contribution in [3.05, 3.63) is 54.1 Å². The Morgan fingerprint density at radius 3 is 2.53 bits per heavy atom. The summed E-state index contributed by atoms with van der Waals surface area (Å²) in [6, 6.07) is 13.3. The minimum atomic E-state index is -3.60. The topological polar surface area (TPSA) is 105 Å². The summed E-state index contributed by atoms with van der Waals surface area (Å²) in [4.78, 5) is 25.3. The molecule has 2 N–H and O–H groups in total. The predicted octanol–water partition coefficient (Wildman–Crippen LogP) is 2.38. The number of nitrogens with zero attached hydrogens (tertiary/aromatic N) is 1. The van der Waals surface area contributed by atoms with Gasteiger partial charge in [-0.15, -0.1) is 0 Å². The number of para-hydroxylation sites is 3. The summed E-state index contributed by atoms with van der Waals surface area (Å²) in [5.74, 6) is -0.611. The highest BCUT2D eigenvalue weighted by atomic mass is 32.2. The fraction of sp³-hybridized carbons (Fsp3) is 0.333. The SMILES string of the molecule is CCCNC(=O)c1ccccc1NC(=O)[C@H]1CN(S(=O)(=O)CC)c2ccccc2O1. The van der Waals surface area contributed by atoms with Crippen LogP contribution in [0.2, 0.25) is 0 Å². The minimum Gasteiger partial charge on any atom is -0.476 e. The van der Waals surface area contributed by atoms with Gasteiger partial charge in [0.1, 0.15) is 5.75 Å². The lowest BCUT2D eigenvalue weighted by Crippen LogP contribution is -2.49. The average molecular weight is 432 g/mol. The number of carbonyl (C=O) groups is 2. The number of anilines is 2. The fourth-order valence-electron chi connectivity index (χ4n) is 3.10. The Kier molecular flexibility index (Phi) is 6.61. The van der Waals surface area contributed by atoms with Crippen molar-refractivity contribution in [2.24, 2.45) is 0 Å². The quantitative estimate of drug-likeness (QED) is 0.700. The summed E-state index contributed by atoms with van der Waals surface area (Å²) in [7, 11) is -3.60. The third-order valence-corrected chi connectivity index (χ3v) is 6.44. The summed E-state index contributed by atoms with van der Waals surface area (Å²) in [5.41, 5.74) is 1.07. The first kappa shape index (κ1) is 21.6. The van der Waals surface area contributed by atoms with Crippen molar-refractivity contribution >= 4 is 33.2 Å². The number of fused-ring (bicyclic) bond motifs is 1. The number of hydrogen-bond donors (Lipinski definition) is 2. The molecule has 1 aliphatic heterocycles. The second kappa shape index (κ2) is 9.17. The molecule has 2 aromatic rings. The number of sulfonamides is 1. The molecule has 1 atom stereocenters. The van der Waals surface area contributed by atoms with Gasteiger partial charge in [-0.05, 0) is 37.6 Å². The molecule has 0 saturated heterocycles. The van der Waals surface area contributed by atoms with Crippen LogP contribution in [0, 0.1) is 0 Å². The van der Waals surface area contributed by atoms with E-state index in [1.807, 2.05) is 6.92 Å². The molecule has 160 valence electrons. The Morgan fingerprint density at radius 1 is 1.10 bits per heavy atom. The minimum absolute atomic E-state index is 0.101. The Morgan fingerprint density at radius 2 is 1.80 bits per heavy atom. The second-order valence-electron chi connectivity index (χ2n) is 6.80. The summed E-state index contributed by atoms with van der Waals surface area (Å²) >= 11 is 0. The van der Waals surface area contributed by atoms with E-state index in [0.29, 0.717) is 29.2 Å². The molecule has 0 radical (unpaired) electrons. The Bertz CT molecular complexity index is 1040. The van der Waals surface area contributed by atoms with E-state index in [1.165, 1.54) is 4.31 Å². The van der Waals surface area contributed by atoms with Crippen LogP contribution in [0.4, 0.5) is 11.4 Å². The summed E-state index contributed by atoms with van der Waals surface area (Å²) in [6.45, 7) is 3.87. The van der Waals surface area contributed by atoms with Gasteiger partial charge in [0.25, 0.3) is 11.8 Å². The van der Waals surface area contributed by atoms with Gasteiger partial charge in [-0.2, -0.15) is 0 Å². The van der Waals surface area contributed by atoms with E-state index in [0.717, 1.165) is 6.42 Å². The van der Waals surface area contributed by atoms with Crippen molar-refractivity contribution in [1.82, 2.24) is 5.32 Å². The van der Waals surface area contributed by atoms with E-state index in [-0.39, 0.29) is 18.2 Å². The van der Waals surface area contributed by atoms with Crippen LogP contribution in [0.3, 0.4) is 0 Å². The van der Waals surface area contributed by atoms with E-state index in [4.69, 9.17) is 4.74 Å². The van der Waals surface area contributed by atoms with E-state index >= 15 is 0 Å². The zero-order valence-corrected chi connectivity index (χ0v) is 17.7. The lowest BCUT2D eigenvalue weighted by Gasteiger charge is -2.34. The number of ether oxygens (including phenoxy) is 1. The summed E-state index contributed by atoms with van der Waals surface area (Å²) in [6.07, 6.45) is -0.273. The van der Waals surface area contributed by atoms with Crippen molar-refractivity contribution in [1.29, 1.82) is 0 Å². The van der Waals surface area contributed by atoms with Crippen LogP contribution in [0.1, 0.15) is 30.6 Å². The van der Waals surface area contributed by atoms with Gasteiger partial charge in [0.2, 0.25) is 10.0 Å². The highest BCUT2D eigenvalue weighted by Crippen LogP contribution is 2.35. The molecular weight excluding hydrogens is 406 g/mol. The van der Waals surface area contributed by atoms with Crippen LogP contribution in [-0.2, 0) is 14.8 Å². The largest absolute Gasteiger partial charge is 0.476 e. The maximum Gasteiger partial charge on any atom is 0.267 e. The van der Waals surface area contributed by atoms with Crippen molar-refractivity contribution in [2.75, 3.05) is 28.5 Å². The van der Waals surface area contributed by atoms with Crippen molar-refractivity contribution in [2.45, 2.75) is 26.4 Å². The van der Waals surface area contributed by atoms with Crippen molar-refractivity contribution in [3.63, 3.8) is 0 Å². The molecule has 0 fully saturated rings. The van der Waals surface area contributed by atoms with Crippen molar-refractivity contribution < 1.29 is 22.7 Å². The van der Waals surface area contributed by atoms with Crippen LogP contribution in [0.5, 0.6) is 5.75 Å². The van der Waals surface area contributed by atoms with E-state index in [2.05, 4.69) is 10.6 Å². The number of amides is 2. The highest BCUT2D eigenvalue weighted by Gasteiger charge is 2.36. The van der Waals surface area contributed by atoms with Gasteiger partial charge >= 0.3 is 0 Å². The van der Waals surface area contributed by atoms with Gasteiger partial charge in [0, 0.05) is 6.54 Å². The Balaban J connectivity index is 1.84. The number of carbonyl (C=O) groups excluding carboxylic acids is 2. The summed E-state index contributed by atoms with van der Waals surface area (Å²) in [5, 5.41) is 5.49. The molecule has 9 heteroatoms. The van der Waals surface area contributed by atoms with Crippen molar-refractivity contribution in [3.8, 4) is 5.75 Å².